The van der Waals surface area contributed by atoms with Gasteiger partial charge in [-0.2, -0.15) is 0 Å². The van der Waals surface area contributed by atoms with Gasteiger partial charge in [-0.3, -0.25) is 4.79 Å². The Morgan fingerprint density at radius 2 is 1.75 bits per heavy atom. The van der Waals surface area contributed by atoms with E-state index in [-0.39, 0.29) is 5.56 Å². The first-order valence-corrected chi connectivity index (χ1v) is 10.0. The summed E-state index contributed by atoms with van der Waals surface area (Å²) in [6.45, 7) is 0.717. The molecule has 0 fully saturated rings. The molecule has 2 heterocycles. The first-order chi connectivity index (χ1) is 15.6. The number of methoxy groups -OCH3 is 2. The van der Waals surface area contributed by atoms with Gasteiger partial charge in [0.1, 0.15) is 11.3 Å². The summed E-state index contributed by atoms with van der Waals surface area (Å²) in [4.78, 5) is 24.9. The zero-order chi connectivity index (χ0) is 22.5. The number of ketones is 1. The zero-order valence-electron chi connectivity index (χ0n) is 17.8. The standard InChI is InChI=1S/C26H22NO5/c1-30-21-9-6-19(7-10-21)17-27-14-12-18(13-15-27)8-11-23(28)22-16-20-4-3-5-24(31-2)25(20)32-26(22)29/h3-16H,17H2,1-2H3/q+1/b11-8+. The molecule has 0 N–H and O–H groups in total. The van der Waals surface area contributed by atoms with Crippen molar-refractivity contribution < 1.29 is 23.3 Å². The van der Waals surface area contributed by atoms with Crippen molar-refractivity contribution in [2.75, 3.05) is 14.2 Å². The maximum atomic E-state index is 12.6. The molecule has 0 spiro atoms. The molecule has 0 bridgehead atoms. The van der Waals surface area contributed by atoms with Crippen LogP contribution in [-0.4, -0.2) is 20.0 Å². The Morgan fingerprint density at radius 1 is 1.00 bits per heavy atom. The molecule has 0 aliphatic carbocycles. The van der Waals surface area contributed by atoms with Crippen molar-refractivity contribution in [1.82, 2.24) is 0 Å². The Labute approximate surface area is 185 Å². The molecule has 4 aromatic rings. The molecule has 0 unspecified atom stereocenters. The smallest absolute Gasteiger partial charge is 0.347 e. The molecular weight excluding hydrogens is 406 g/mol. The SMILES string of the molecule is COc1ccc(C[n+]2ccc(/C=C/C(=O)c3cc4cccc(OC)c4oc3=O)cc2)cc1. The quantitative estimate of drug-likeness (QED) is 0.192. The number of rotatable bonds is 7. The molecule has 0 radical (unpaired) electrons. The third-order valence-electron chi connectivity index (χ3n) is 5.08. The minimum atomic E-state index is -0.693. The highest BCUT2D eigenvalue weighted by molar-refractivity contribution is 6.08. The Kier molecular flexibility index (Phi) is 6.12. The Balaban J connectivity index is 1.48. The summed E-state index contributed by atoms with van der Waals surface area (Å²) in [6.07, 6.45) is 6.92. The highest BCUT2D eigenvalue weighted by Gasteiger charge is 2.13. The monoisotopic (exact) mass is 428 g/mol. The number of carbonyl (C=O) groups is 1. The van der Waals surface area contributed by atoms with Crippen molar-refractivity contribution in [3.05, 3.63) is 106 Å². The lowest BCUT2D eigenvalue weighted by Gasteiger charge is -2.04. The largest absolute Gasteiger partial charge is 0.497 e. The first kappa shape index (κ1) is 21.1. The van der Waals surface area contributed by atoms with Gasteiger partial charge in [0.25, 0.3) is 0 Å². The van der Waals surface area contributed by atoms with Gasteiger partial charge in [0.15, 0.2) is 36.1 Å². The number of hydrogen-bond donors (Lipinski definition) is 0. The highest BCUT2D eigenvalue weighted by atomic mass is 16.5. The van der Waals surface area contributed by atoms with Gasteiger partial charge in [-0.1, -0.05) is 18.2 Å². The summed E-state index contributed by atoms with van der Waals surface area (Å²) in [5.74, 6) is 0.850. The first-order valence-electron chi connectivity index (χ1n) is 10.0. The topological polar surface area (TPSA) is 69.6 Å². The number of nitrogens with zero attached hydrogens (tertiary/aromatic N) is 1. The second-order valence-electron chi connectivity index (χ2n) is 7.18. The van der Waals surface area contributed by atoms with Crippen LogP contribution >= 0.6 is 0 Å². The fraction of sp³-hybridized carbons (Fsp3) is 0.115. The molecule has 0 saturated carbocycles. The molecule has 6 heteroatoms. The van der Waals surface area contributed by atoms with Crippen LogP contribution in [0.25, 0.3) is 17.0 Å². The van der Waals surface area contributed by atoms with Gasteiger partial charge >= 0.3 is 5.63 Å². The number of para-hydroxylation sites is 1. The third-order valence-corrected chi connectivity index (χ3v) is 5.08. The van der Waals surface area contributed by atoms with E-state index >= 15 is 0 Å². The number of fused-ring (bicyclic) bond motifs is 1. The molecule has 2 aromatic heterocycles. The maximum Gasteiger partial charge on any atom is 0.347 e. The van der Waals surface area contributed by atoms with Crippen molar-refractivity contribution >= 4 is 22.8 Å². The van der Waals surface area contributed by atoms with Crippen LogP contribution in [-0.2, 0) is 6.54 Å². The van der Waals surface area contributed by atoms with E-state index in [9.17, 15) is 9.59 Å². The van der Waals surface area contributed by atoms with Gasteiger partial charge in [-0.05, 0) is 48.0 Å². The van der Waals surface area contributed by atoms with Crippen molar-refractivity contribution in [2.45, 2.75) is 6.54 Å². The summed E-state index contributed by atoms with van der Waals surface area (Å²) >= 11 is 0. The van der Waals surface area contributed by atoms with E-state index in [0.29, 0.717) is 23.3 Å². The van der Waals surface area contributed by atoms with Crippen LogP contribution in [0.5, 0.6) is 11.5 Å². The number of ether oxygens (including phenoxy) is 2. The van der Waals surface area contributed by atoms with Gasteiger partial charge in [0.2, 0.25) is 0 Å². The minimum absolute atomic E-state index is 0.0208. The zero-order valence-corrected chi connectivity index (χ0v) is 17.8. The van der Waals surface area contributed by atoms with Crippen LogP contribution in [0, 0.1) is 0 Å². The molecule has 2 aromatic carbocycles. The summed E-state index contributed by atoms with van der Waals surface area (Å²) in [5, 5.41) is 0.625. The van der Waals surface area contributed by atoms with Crippen molar-refractivity contribution in [3.63, 3.8) is 0 Å². The van der Waals surface area contributed by atoms with Crippen LogP contribution in [0.3, 0.4) is 0 Å². The average molecular weight is 428 g/mol. The second kappa shape index (κ2) is 9.31. The van der Waals surface area contributed by atoms with Crippen molar-refractivity contribution in [2.24, 2.45) is 0 Å². The van der Waals surface area contributed by atoms with Gasteiger partial charge in [0, 0.05) is 23.1 Å². The molecule has 0 aliphatic heterocycles. The van der Waals surface area contributed by atoms with E-state index in [1.165, 1.54) is 19.3 Å². The van der Waals surface area contributed by atoms with Crippen LogP contribution in [0.4, 0.5) is 0 Å². The van der Waals surface area contributed by atoms with Gasteiger partial charge in [-0.25, -0.2) is 9.36 Å². The lowest BCUT2D eigenvalue weighted by atomic mass is 10.1. The predicted octanol–water partition coefficient (Wildman–Crippen LogP) is 4.04. The van der Waals surface area contributed by atoms with Crippen LogP contribution in [0.2, 0.25) is 0 Å². The molecule has 6 nitrogen and oxygen atoms in total. The number of aromatic nitrogens is 1. The number of hydrogen-bond acceptors (Lipinski definition) is 5. The second-order valence-corrected chi connectivity index (χ2v) is 7.18. The normalized spacial score (nSPS) is 11.1. The molecule has 160 valence electrons. The average Bonchev–Trinajstić information content (AvgIpc) is 2.83. The van der Waals surface area contributed by atoms with E-state index < -0.39 is 11.4 Å². The van der Waals surface area contributed by atoms with Gasteiger partial charge in [-0.15, -0.1) is 0 Å². The fourth-order valence-electron chi connectivity index (χ4n) is 3.34. The lowest BCUT2D eigenvalue weighted by Crippen LogP contribution is -2.33. The summed E-state index contributed by atoms with van der Waals surface area (Å²) < 4.78 is 17.7. The maximum absolute atomic E-state index is 12.6. The number of allylic oxidation sites excluding steroid dienone is 1. The van der Waals surface area contributed by atoms with E-state index in [2.05, 4.69) is 0 Å². The summed E-state index contributed by atoms with van der Waals surface area (Å²) in [5.41, 5.74) is 1.60. The van der Waals surface area contributed by atoms with Crippen LogP contribution in [0.1, 0.15) is 21.5 Å². The molecule has 4 rings (SSSR count). The predicted molar refractivity (Wildman–Crippen MR) is 121 cm³/mol. The van der Waals surface area contributed by atoms with E-state index in [4.69, 9.17) is 13.9 Å². The number of carbonyl (C=O) groups excluding carboxylic acids is 1. The molecule has 0 amide bonds. The van der Waals surface area contributed by atoms with Crippen molar-refractivity contribution in [1.29, 1.82) is 0 Å². The fourth-order valence-corrected chi connectivity index (χ4v) is 3.34. The Hall–Kier alpha value is -4.19. The van der Waals surface area contributed by atoms with Crippen LogP contribution in [0.15, 0.2) is 88.3 Å². The lowest BCUT2D eigenvalue weighted by molar-refractivity contribution is -0.688. The minimum Gasteiger partial charge on any atom is -0.497 e. The molecule has 0 atom stereocenters. The molecule has 0 aliphatic rings. The summed E-state index contributed by atoms with van der Waals surface area (Å²) in [6, 6.07) is 18.5. The Bertz CT molecular complexity index is 1340. The summed E-state index contributed by atoms with van der Waals surface area (Å²) in [7, 11) is 3.14. The highest BCUT2D eigenvalue weighted by Crippen LogP contribution is 2.24. The number of pyridine rings is 1. The third kappa shape index (κ3) is 4.59. The molecule has 0 saturated heterocycles. The van der Waals surface area contributed by atoms with Crippen LogP contribution < -0.4 is 19.7 Å². The van der Waals surface area contributed by atoms with E-state index in [1.807, 2.05) is 53.4 Å². The van der Waals surface area contributed by atoms with Gasteiger partial charge < -0.3 is 13.9 Å². The Morgan fingerprint density at radius 3 is 2.44 bits per heavy atom. The molecule has 32 heavy (non-hydrogen) atoms. The van der Waals surface area contributed by atoms with Crippen molar-refractivity contribution in [3.8, 4) is 11.5 Å². The molecular formula is C26H22NO5+. The van der Waals surface area contributed by atoms with Gasteiger partial charge in [0.05, 0.1) is 14.2 Å². The van der Waals surface area contributed by atoms with E-state index in [0.717, 1.165) is 16.9 Å². The van der Waals surface area contributed by atoms with E-state index in [1.54, 1.807) is 31.4 Å². The number of benzene rings is 2.